The van der Waals surface area contributed by atoms with Crippen LogP contribution in [0.4, 0.5) is 18.9 Å². The molecule has 0 saturated heterocycles. The predicted octanol–water partition coefficient (Wildman–Crippen LogP) is 3.86. The van der Waals surface area contributed by atoms with Crippen LogP contribution in [0.25, 0.3) is 11.3 Å². The monoisotopic (exact) mass is 373 g/mol. The molecule has 1 heterocycles. The second-order valence-electron chi connectivity index (χ2n) is 5.42. The number of hydrogen-bond acceptors (Lipinski definition) is 4. The van der Waals surface area contributed by atoms with Gasteiger partial charge in [-0.15, -0.1) is 0 Å². The molecule has 6 nitrogen and oxygen atoms in total. The van der Waals surface area contributed by atoms with Crippen LogP contribution in [0.2, 0.25) is 0 Å². The summed E-state index contributed by atoms with van der Waals surface area (Å²) in [6.45, 7) is 0. The second kappa shape index (κ2) is 7.32. The maximum absolute atomic E-state index is 12.7. The van der Waals surface area contributed by atoms with E-state index in [2.05, 4.69) is 15.0 Å². The Hall–Kier alpha value is -3.62. The molecule has 0 aliphatic rings. The van der Waals surface area contributed by atoms with Crippen LogP contribution in [-0.4, -0.2) is 15.9 Å². The highest BCUT2D eigenvalue weighted by atomic mass is 19.4. The number of aliphatic imine (C=N–C) groups is 1. The van der Waals surface area contributed by atoms with Crippen LogP contribution in [0.3, 0.4) is 0 Å². The molecule has 3 aromatic rings. The molecule has 0 unspecified atom stereocenters. The molecule has 0 atom stereocenters. The first-order valence-corrected chi connectivity index (χ1v) is 7.69. The van der Waals surface area contributed by atoms with Crippen molar-refractivity contribution in [1.82, 2.24) is 9.97 Å². The summed E-state index contributed by atoms with van der Waals surface area (Å²) in [6.07, 6.45) is -3.14. The number of alkyl halides is 3. The van der Waals surface area contributed by atoms with E-state index >= 15 is 0 Å². The Morgan fingerprint density at radius 3 is 2.33 bits per heavy atom. The first-order chi connectivity index (χ1) is 12.8. The van der Waals surface area contributed by atoms with Gasteiger partial charge in [0.2, 0.25) is 5.88 Å². The number of halogens is 3. The third-order valence-corrected chi connectivity index (χ3v) is 3.48. The van der Waals surface area contributed by atoms with Gasteiger partial charge >= 0.3 is 6.18 Å². The summed E-state index contributed by atoms with van der Waals surface area (Å²) in [4.78, 5) is 12.1. The molecule has 0 aliphatic heterocycles. The lowest BCUT2D eigenvalue weighted by molar-refractivity contribution is -0.137. The molecule has 0 amide bonds. The largest absolute Gasteiger partial charge is 0.437 e. The van der Waals surface area contributed by atoms with Crippen molar-refractivity contribution >= 4 is 11.6 Å². The number of para-hydroxylation sites is 2. The van der Waals surface area contributed by atoms with Crippen LogP contribution in [-0.2, 0) is 6.18 Å². The zero-order valence-corrected chi connectivity index (χ0v) is 13.8. The maximum atomic E-state index is 12.7. The summed E-state index contributed by atoms with van der Waals surface area (Å²) >= 11 is 0. The number of nitrogens with two attached hydrogens (primary N) is 2. The Kier molecular flexibility index (Phi) is 4.93. The molecule has 0 radical (unpaired) electrons. The normalized spacial score (nSPS) is 11.1. The summed E-state index contributed by atoms with van der Waals surface area (Å²) in [7, 11) is 0. The zero-order chi connectivity index (χ0) is 19.4. The number of ether oxygens (including phenoxy) is 1. The van der Waals surface area contributed by atoms with Crippen molar-refractivity contribution in [2.45, 2.75) is 6.18 Å². The fourth-order valence-corrected chi connectivity index (χ4v) is 2.27. The Labute approximate surface area is 152 Å². The van der Waals surface area contributed by atoms with Crippen LogP contribution in [0.15, 0.2) is 65.9 Å². The van der Waals surface area contributed by atoms with Gasteiger partial charge < -0.3 is 16.2 Å². The molecule has 9 heteroatoms. The van der Waals surface area contributed by atoms with Crippen LogP contribution in [0, 0.1) is 0 Å². The lowest BCUT2D eigenvalue weighted by atomic mass is 10.1. The van der Waals surface area contributed by atoms with Gasteiger partial charge in [0.05, 0.1) is 11.3 Å². The Bertz CT molecular complexity index is 967. The number of guanidine groups is 1. The van der Waals surface area contributed by atoms with Crippen molar-refractivity contribution in [3.63, 3.8) is 0 Å². The number of rotatable bonds is 4. The van der Waals surface area contributed by atoms with E-state index in [1.807, 2.05) is 0 Å². The highest BCUT2D eigenvalue weighted by Crippen LogP contribution is 2.33. The molecule has 4 N–H and O–H groups in total. The van der Waals surface area contributed by atoms with Gasteiger partial charge in [-0.25, -0.2) is 15.0 Å². The average Bonchev–Trinajstić information content (AvgIpc) is 2.63. The highest BCUT2D eigenvalue weighted by Gasteiger charge is 2.30. The van der Waals surface area contributed by atoms with E-state index in [4.69, 9.17) is 16.2 Å². The molecule has 0 aliphatic carbocycles. The molecule has 1 aromatic heterocycles. The molecular formula is C18H14F3N5O. The van der Waals surface area contributed by atoms with E-state index in [0.29, 0.717) is 22.7 Å². The standard InChI is InChI=1S/C18H14F3N5O/c19-18(20,21)12-7-5-11(6-8-12)14-9-16(25-10-24-14)27-15-4-2-1-3-13(15)26-17(22)23/h1-10H,(H4,22,23,26). The van der Waals surface area contributed by atoms with Gasteiger partial charge in [-0.2, -0.15) is 13.2 Å². The SMILES string of the molecule is NC(N)=Nc1ccccc1Oc1cc(-c2ccc(C(F)(F)F)cc2)ncn1. The van der Waals surface area contributed by atoms with Gasteiger partial charge in [0.1, 0.15) is 12.0 Å². The van der Waals surface area contributed by atoms with Gasteiger partial charge in [0.15, 0.2) is 11.7 Å². The first-order valence-electron chi connectivity index (χ1n) is 7.69. The summed E-state index contributed by atoms with van der Waals surface area (Å²) in [5, 5.41) is 0. The van der Waals surface area contributed by atoms with E-state index in [1.165, 1.54) is 24.5 Å². The highest BCUT2D eigenvalue weighted by molar-refractivity contribution is 5.80. The van der Waals surface area contributed by atoms with Crippen LogP contribution < -0.4 is 16.2 Å². The Morgan fingerprint density at radius 2 is 1.67 bits per heavy atom. The summed E-state index contributed by atoms with van der Waals surface area (Å²) in [5.41, 5.74) is 11.4. The minimum absolute atomic E-state index is 0.126. The number of hydrogen-bond donors (Lipinski definition) is 2. The molecule has 0 fully saturated rings. The van der Waals surface area contributed by atoms with Gasteiger partial charge in [-0.05, 0) is 24.3 Å². The van der Waals surface area contributed by atoms with Gasteiger partial charge in [0, 0.05) is 11.6 Å². The molecule has 2 aromatic carbocycles. The smallest absolute Gasteiger partial charge is 0.416 e. The minimum atomic E-state index is -4.40. The van der Waals surface area contributed by atoms with Crippen LogP contribution in [0.5, 0.6) is 11.6 Å². The van der Waals surface area contributed by atoms with Crippen molar-refractivity contribution in [3.05, 3.63) is 66.5 Å². The Morgan fingerprint density at radius 1 is 0.963 bits per heavy atom. The second-order valence-corrected chi connectivity index (χ2v) is 5.42. The Balaban J connectivity index is 1.88. The molecule has 0 spiro atoms. The zero-order valence-electron chi connectivity index (χ0n) is 13.8. The van der Waals surface area contributed by atoms with Gasteiger partial charge in [0.25, 0.3) is 0 Å². The maximum Gasteiger partial charge on any atom is 0.416 e. The average molecular weight is 373 g/mol. The fraction of sp³-hybridized carbons (Fsp3) is 0.0556. The third-order valence-electron chi connectivity index (χ3n) is 3.48. The van der Waals surface area contributed by atoms with Crippen LogP contribution in [0.1, 0.15) is 5.56 Å². The van der Waals surface area contributed by atoms with E-state index in [0.717, 1.165) is 12.1 Å². The topological polar surface area (TPSA) is 99.4 Å². The molecule has 0 saturated carbocycles. The van der Waals surface area contributed by atoms with Crippen molar-refractivity contribution in [2.75, 3.05) is 0 Å². The molecule has 0 bridgehead atoms. The van der Waals surface area contributed by atoms with Crippen molar-refractivity contribution in [2.24, 2.45) is 16.5 Å². The van der Waals surface area contributed by atoms with E-state index in [9.17, 15) is 13.2 Å². The lowest BCUT2D eigenvalue weighted by Crippen LogP contribution is -2.21. The van der Waals surface area contributed by atoms with E-state index in [-0.39, 0.29) is 11.8 Å². The number of aromatic nitrogens is 2. The molecule has 3 rings (SSSR count). The predicted molar refractivity (Wildman–Crippen MR) is 94.5 cm³/mol. The van der Waals surface area contributed by atoms with Crippen molar-refractivity contribution in [1.29, 1.82) is 0 Å². The van der Waals surface area contributed by atoms with E-state index in [1.54, 1.807) is 24.3 Å². The minimum Gasteiger partial charge on any atom is -0.437 e. The van der Waals surface area contributed by atoms with Gasteiger partial charge in [-0.1, -0.05) is 24.3 Å². The van der Waals surface area contributed by atoms with Crippen LogP contribution >= 0.6 is 0 Å². The molecule has 138 valence electrons. The van der Waals surface area contributed by atoms with Crippen molar-refractivity contribution < 1.29 is 17.9 Å². The van der Waals surface area contributed by atoms with Gasteiger partial charge in [-0.3, -0.25) is 0 Å². The first kappa shape index (κ1) is 18.2. The van der Waals surface area contributed by atoms with Crippen molar-refractivity contribution in [3.8, 4) is 22.9 Å². The molecule has 27 heavy (non-hydrogen) atoms. The summed E-state index contributed by atoms with van der Waals surface area (Å²) < 4.78 is 43.7. The van der Waals surface area contributed by atoms with E-state index < -0.39 is 11.7 Å². The number of nitrogens with zero attached hydrogens (tertiary/aromatic N) is 3. The summed E-state index contributed by atoms with van der Waals surface area (Å²) in [5.74, 6) is 0.431. The lowest BCUT2D eigenvalue weighted by Gasteiger charge is -2.09. The summed E-state index contributed by atoms with van der Waals surface area (Å²) in [6, 6.07) is 13.0. The number of benzene rings is 2. The third kappa shape index (κ3) is 4.51. The quantitative estimate of drug-likeness (QED) is 0.534. The molecular weight excluding hydrogens is 359 g/mol. The fourth-order valence-electron chi connectivity index (χ4n) is 2.27.